The molecule has 5 heteroatoms. The normalized spacial score (nSPS) is 27.4. The molecule has 2 atom stereocenters. The number of rotatable bonds is 5. The number of amides is 1. The lowest BCUT2D eigenvalue weighted by Gasteiger charge is -2.39. The van der Waals surface area contributed by atoms with Crippen LogP contribution >= 0.6 is 0 Å². The van der Waals surface area contributed by atoms with Crippen molar-refractivity contribution < 1.29 is 4.79 Å². The van der Waals surface area contributed by atoms with Crippen LogP contribution in [-0.4, -0.2) is 27.8 Å². The fourth-order valence-corrected chi connectivity index (χ4v) is 2.94. The van der Waals surface area contributed by atoms with Gasteiger partial charge >= 0.3 is 0 Å². The smallest absolute Gasteiger partial charge is 0.237 e. The molecule has 0 radical (unpaired) electrons. The number of hydrogen-bond acceptors (Lipinski definition) is 3. The number of hydrogen-bond donors (Lipinski definition) is 2. The molecule has 1 amide bonds. The van der Waals surface area contributed by atoms with Crippen LogP contribution in [0.25, 0.3) is 0 Å². The molecule has 0 saturated heterocycles. The van der Waals surface area contributed by atoms with Crippen LogP contribution < -0.4 is 11.1 Å². The van der Waals surface area contributed by atoms with Gasteiger partial charge in [0, 0.05) is 6.20 Å². The number of nitrogens with two attached hydrogens (primary N) is 1. The molecule has 5 nitrogen and oxygen atoms in total. The second kappa shape index (κ2) is 5.74. The Kier molecular flexibility index (Phi) is 4.24. The summed E-state index contributed by atoms with van der Waals surface area (Å²) < 4.78 is 1.99. The SMILES string of the molecule is CCCNC1(C(N)=O)CCCC(n2cc(C)cn2)C1. The van der Waals surface area contributed by atoms with Gasteiger partial charge in [-0.25, -0.2) is 0 Å². The van der Waals surface area contributed by atoms with Gasteiger partial charge in [0.05, 0.1) is 17.8 Å². The summed E-state index contributed by atoms with van der Waals surface area (Å²) in [6.45, 7) is 4.95. The summed E-state index contributed by atoms with van der Waals surface area (Å²) in [7, 11) is 0. The Hall–Kier alpha value is -1.36. The van der Waals surface area contributed by atoms with Crippen molar-refractivity contribution in [1.29, 1.82) is 0 Å². The topological polar surface area (TPSA) is 72.9 Å². The van der Waals surface area contributed by atoms with E-state index in [1.54, 1.807) is 0 Å². The molecule has 3 N–H and O–H groups in total. The van der Waals surface area contributed by atoms with Crippen molar-refractivity contribution in [3.63, 3.8) is 0 Å². The highest BCUT2D eigenvalue weighted by atomic mass is 16.1. The first-order chi connectivity index (χ1) is 9.07. The van der Waals surface area contributed by atoms with E-state index in [1.807, 2.05) is 24.0 Å². The summed E-state index contributed by atoms with van der Waals surface area (Å²) in [4.78, 5) is 11.9. The van der Waals surface area contributed by atoms with E-state index in [0.717, 1.165) is 44.2 Å². The third-order valence-corrected chi connectivity index (χ3v) is 4.01. The van der Waals surface area contributed by atoms with E-state index >= 15 is 0 Å². The average Bonchev–Trinajstić information content (AvgIpc) is 2.83. The Bertz CT molecular complexity index is 442. The zero-order valence-electron chi connectivity index (χ0n) is 11.9. The van der Waals surface area contributed by atoms with E-state index in [0.29, 0.717) is 0 Å². The van der Waals surface area contributed by atoms with Crippen LogP contribution in [0.4, 0.5) is 0 Å². The molecule has 0 aliphatic heterocycles. The number of carbonyl (C=O) groups excluding carboxylic acids is 1. The molecule has 106 valence electrons. The largest absolute Gasteiger partial charge is 0.368 e. The maximum atomic E-state index is 11.9. The molecular weight excluding hydrogens is 240 g/mol. The third kappa shape index (κ3) is 2.97. The lowest BCUT2D eigenvalue weighted by molar-refractivity contribution is -0.126. The first-order valence-corrected chi connectivity index (χ1v) is 7.13. The molecular formula is C14H24N4O. The van der Waals surface area contributed by atoms with Gasteiger partial charge in [0.15, 0.2) is 0 Å². The standard InChI is InChI=1S/C14H24N4O/c1-3-7-16-14(13(15)19)6-4-5-12(8-14)18-10-11(2)9-17-18/h9-10,12,16H,3-8H2,1-2H3,(H2,15,19). The number of nitrogens with zero attached hydrogens (tertiary/aromatic N) is 2. The number of primary amides is 1. The van der Waals surface area contributed by atoms with Gasteiger partial charge in [-0.05, 0) is 51.1 Å². The summed E-state index contributed by atoms with van der Waals surface area (Å²) in [6, 6.07) is 0.263. The van der Waals surface area contributed by atoms with Crippen molar-refractivity contribution in [2.24, 2.45) is 5.73 Å². The summed E-state index contributed by atoms with van der Waals surface area (Å²) >= 11 is 0. The van der Waals surface area contributed by atoms with Crippen molar-refractivity contribution in [1.82, 2.24) is 15.1 Å². The average molecular weight is 264 g/mol. The molecule has 2 unspecified atom stereocenters. The fourth-order valence-electron chi connectivity index (χ4n) is 2.94. The molecule has 2 rings (SSSR count). The van der Waals surface area contributed by atoms with Gasteiger partial charge in [-0.3, -0.25) is 9.48 Å². The van der Waals surface area contributed by atoms with Crippen LogP contribution in [-0.2, 0) is 4.79 Å². The molecule has 1 heterocycles. The van der Waals surface area contributed by atoms with Crippen LogP contribution in [0.5, 0.6) is 0 Å². The molecule has 1 fully saturated rings. The Morgan fingerprint density at radius 3 is 3.05 bits per heavy atom. The quantitative estimate of drug-likeness (QED) is 0.847. The van der Waals surface area contributed by atoms with E-state index < -0.39 is 5.54 Å². The Morgan fingerprint density at radius 2 is 2.47 bits per heavy atom. The molecule has 1 aromatic rings. The predicted octanol–water partition coefficient (Wildman–Crippen LogP) is 1.53. The van der Waals surface area contributed by atoms with Crippen molar-refractivity contribution in [3.05, 3.63) is 18.0 Å². The monoisotopic (exact) mass is 264 g/mol. The minimum atomic E-state index is -0.557. The molecule has 1 aliphatic rings. The Morgan fingerprint density at radius 1 is 1.68 bits per heavy atom. The van der Waals surface area contributed by atoms with Gasteiger partial charge in [0.1, 0.15) is 0 Å². The third-order valence-electron chi connectivity index (χ3n) is 4.01. The van der Waals surface area contributed by atoms with E-state index in [1.165, 1.54) is 0 Å². The number of aromatic nitrogens is 2. The molecule has 19 heavy (non-hydrogen) atoms. The molecule has 0 spiro atoms. The second-order valence-electron chi connectivity index (χ2n) is 5.62. The highest BCUT2D eigenvalue weighted by molar-refractivity contribution is 5.84. The van der Waals surface area contributed by atoms with Crippen molar-refractivity contribution in [2.45, 2.75) is 57.5 Å². The number of carbonyl (C=O) groups is 1. The van der Waals surface area contributed by atoms with Gasteiger partial charge in [0.2, 0.25) is 5.91 Å². The predicted molar refractivity (Wildman–Crippen MR) is 74.7 cm³/mol. The number of aryl methyl sites for hydroxylation is 1. The zero-order chi connectivity index (χ0) is 13.9. The van der Waals surface area contributed by atoms with Crippen LogP contribution in [0.15, 0.2) is 12.4 Å². The first-order valence-electron chi connectivity index (χ1n) is 7.13. The highest BCUT2D eigenvalue weighted by Crippen LogP contribution is 2.35. The maximum absolute atomic E-state index is 11.9. The number of nitrogens with one attached hydrogen (secondary N) is 1. The molecule has 1 aliphatic carbocycles. The van der Waals surface area contributed by atoms with Gasteiger partial charge in [-0.15, -0.1) is 0 Å². The highest BCUT2D eigenvalue weighted by Gasteiger charge is 2.41. The Balaban J connectivity index is 2.15. The van der Waals surface area contributed by atoms with Crippen molar-refractivity contribution >= 4 is 5.91 Å². The molecule has 1 aromatic heterocycles. The summed E-state index contributed by atoms with van der Waals surface area (Å²) in [6.07, 6.45) is 8.54. The zero-order valence-corrected chi connectivity index (χ0v) is 11.9. The summed E-state index contributed by atoms with van der Waals surface area (Å²) in [5.41, 5.74) is 6.25. The Labute approximate surface area is 114 Å². The second-order valence-corrected chi connectivity index (χ2v) is 5.62. The molecule has 1 saturated carbocycles. The van der Waals surface area contributed by atoms with Gasteiger partial charge in [0.25, 0.3) is 0 Å². The summed E-state index contributed by atoms with van der Waals surface area (Å²) in [5, 5.41) is 7.76. The van der Waals surface area contributed by atoms with Gasteiger partial charge < -0.3 is 11.1 Å². The minimum Gasteiger partial charge on any atom is -0.368 e. The lowest BCUT2D eigenvalue weighted by Crippen LogP contribution is -2.58. The van der Waals surface area contributed by atoms with Crippen LogP contribution in [0.2, 0.25) is 0 Å². The van der Waals surface area contributed by atoms with E-state index in [9.17, 15) is 4.79 Å². The first kappa shape index (κ1) is 14.1. The minimum absolute atomic E-state index is 0.227. The van der Waals surface area contributed by atoms with Crippen molar-refractivity contribution in [3.8, 4) is 0 Å². The van der Waals surface area contributed by atoms with Gasteiger partial charge in [-0.2, -0.15) is 5.10 Å². The maximum Gasteiger partial charge on any atom is 0.237 e. The van der Waals surface area contributed by atoms with E-state index in [-0.39, 0.29) is 11.9 Å². The van der Waals surface area contributed by atoms with E-state index in [2.05, 4.69) is 17.3 Å². The van der Waals surface area contributed by atoms with Gasteiger partial charge in [-0.1, -0.05) is 6.92 Å². The summed E-state index contributed by atoms with van der Waals surface area (Å²) in [5.74, 6) is -0.227. The van der Waals surface area contributed by atoms with Crippen molar-refractivity contribution in [2.75, 3.05) is 6.54 Å². The van der Waals surface area contributed by atoms with Crippen LogP contribution in [0.3, 0.4) is 0 Å². The molecule has 0 aromatic carbocycles. The van der Waals surface area contributed by atoms with E-state index in [4.69, 9.17) is 5.73 Å². The van der Waals surface area contributed by atoms with Crippen LogP contribution in [0.1, 0.15) is 50.6 Å². The lowest BCUT2D eigenvalue weighted by atomic mass is 9.78. The fraction of sp³-hybridized carbons (Fsp3) is 0.714. The molecule has 0 bridgehead atoms. The van der Waals surface area contributed by atoms with Crippen LogP contribution in [0, 0.1) is 6.92 Å².